The molecule has 1 aromatic carbocycles. The fraction of sp³-hybridized carbons (Fsp3) is 0.318. The number of nitroso groups, excluding NO2 is 1. The molecule has 0 aliphatic heterocycles. The van der Waals surface area contributed by atoms with E-state index in [-0.39, 0.29) is 11.7 Å². The molecule has 2 N–H and O–H groups in total. The highest BCUT2D eigenvalue weighted by Crippen LogP contribution is 2.35. The minimum Gasteiger partial charge on any atom is -0.444 e. The van der Waals surface area contributed by atoms with Crippen LogP contribution in [0.25, 0.3) is 5.82 Å². The zero-order valence-corrected chi connectivity index (χ0v) is 17.6. The van der Waals surface area contributed by atoms with Crippen LogP contribution in [0.1, 0.15) is 44.4 Å². The Hall–Kier alpha value is -3.75. The van der Waals surface area contributed by atoms with Crippen molar-refractivity contribution in [1.29, 1.82) is 0 Å². The van der Waals surface area contributed by atoms with Gasteiger partial charge in [0.2, 0.25) is 0 Å². The van der Waals surface area contributed by atoms with Gasteiger partial charge in [-0.1, -0.05) is 6.07 Å². The maximum Gasteiger partial charge on any atom is 0.408 e. The molecule has 1 aliphatic rings. The van der Waals surface area contributed by atoms with Crippen molar-refractivity contribution >= 4 is 23.3 Å². The largest absolute Gasteiger partial charge is 0.444 e. The van der Waals surface area contributed by atoms with Gasteiger partial charge in [0.1, 0.15) is 5.60 Å². The molecule has 2 heterocycles. The summed E-state index contributed by atoms with van der Waals surface area (Å²) in [7, 11) is 0. The lowest BCUT2D eigenvalue weighted by molar-refractivity contribution is 0.0503. The third-order valence-electron chi connectivity index (χ3n) is 4.87. The Labute approximate surface area is 179 Å². The van der Waals surface area contributed by atoms with Crippen molar-refractivity contribution < 1.29 is 9.53 Å². The fourth-order valence-electron chi connectivity index (χ4n) is 3.57. The molecule has 31 heavy (non-hydrogen) atoms. The van der Waals surface area contributed by atoms with E-state index in [2.05, 4.69) is 25.9 Å². The van der Waals surface area contributed by atoms with E-state index in [4.69, 9.17) is 4.74 Å². The second-order valence-corrected chi connectivity index (χ2v) is 8.36. The molecule has 0 fully saturated rings. The Morgan fingerprint density at radius 2 is 2.10 bits per heavy atom. The molecule has 4 rings (SSSR count). The number of carbonyl (C=O) groups is 1. The van der Waals surface area contributed by atoms with Gasteiger partial charge in [-0.25, -0.2) is 14.5 Å². The standard InChI is InChI=1S/C22H24N6O3/c1-22(2,3)31-21(29)25-17-8-5-14-13-15(6-7-16(14)17)24-20-18(27-30)9-10-19(26-20)28-12-4-11-23-28/h4,6-7,9-13,17H,5,8H2,1-3H3,(H,24,26)(H,25,29)/t17-/m0/s1. The summed E-state index contributed by atoms with van der Waals surface area (Å²) in [4.78, 5) is 27.9. The van der Waals surface area contributed by atoms with Gasteiger partial charge in [-0.2, -0.15) is 5.10 Å². The first-order valence-corrected chi connectivity index (χ1v) is 10.1. The lowest BCUT2D eigenvalue weighted by Gasteiger charge is -2.22. The normalized spacial score (nSPS) is 15.3. The van der Waals surface area contributed by atoms with E-state index >= 15 is 0 Å². The number of nitrogens with one attached hydrogen (secondary N) is 2. The van der Waals surface area contributed by atoms with E-state index in [0.717, 1.165) is 29.7 Å². The summed E-state index contributed by atoms with van der Waals surface area (Å²) in [6, 6.07) is 10.9. The summed E-state index contributed by atoms with van der Waals surface area (Å²) in [5, 5.41) is 13.4. The monoisotopic (exact) mass is 420 g/mol. The van der Waals surface area contributed by atoms with Crippen LogP contribution in [0.2, 0.25) is 0 Å². The molecular formula is C22H24N6O3. The van der Waals surface area contributed by atoms with Gasteiger partial charge in [0, 0.05) is 18.1 Å². The van der Waals surface area contributed by atoms with E-state index in [0.29, 0.717) is 11.6 Å². The highest BCUT2D eigenvalue weighted by molar-refractivity contribution is 5.71. The topological polar surface area (TPSA) is 110 Å². The summed E-state index contributed by atoms with van der Waals surface area (Å²) < 4.78 is 6.97. The van der Waals surface area contributed by atoms with Crippen LogP contribution >= 0.6 is 0 Å². The van der Waals surface area contributed by atoms with Crippen LogP contribution in [0.4, 0.5) is 22.0 Å². The second kappa shape index (κ2) is 8.17. The molecule has 2 aromatic heterocycles. The van der Waals surface area contributed by atoms with Gasteiger partial charge in [-0.15, -0.1) is 4.91 Å². The number of nitrogens with zero attached hydrogens (tertiary/aromatic N) is 4. The van der Waals surface area contributed by atoms with Crippen molar-refractivity contribution in [2.45, 2.75) is 45.3 Å². The summed E-state index contributed by atoms with van der Waals surface area (Å²) in [5.41, 5.74) is 2.63. The Kier molecular flexibility index (Phi) is 5.41. The smallest absolute Gasteiger partial charge is 0.408 e. The van der Waals surface area contributed by atoms with E-state index < -0.39 is 11.7 Å². The SMILES string of the molecule is CC(C)(C)OC(=O)N[C@H]1CCc2cc(Nc3nc(-n4cccn4)ccc3N=O)ccc21. The average Bonchev–Trinajstić information content (AvgIpc) is 3.37. The molecular weight excluding hydrogens is 396 g/mol. The Balaban J connectivity index is 1.52. The number of ether oxygens (including phenoxy) is 1. The quantitative estimate of drug-likeness (QED) is 0.567. The number of carbonyl (C=O) groups excluding carboxylic acids is 1. The molecule has 3 aromatic rings. The first-order valence-electron chi connectivity index (χ1n) is 10.1. The van der Waals surface area contributed by atoms with Crippen molar-refractivity contribution in [3.63, 3.8) is 0 Å². The lowest BCUT2D eigenvalue weighted by Crippen LogP contribution is -2.34. The number of rotatable bonds is 5. The maximum atomic E-state index is 12.1. The molecule has 0 unspecified atom stereocenters. The number of amides is 1. The molecule has 0 bridgehead atoms. The number of alkyl carbamates (subject to hydrolysis) is 1. The number of anilines is 2. The minimum atomic E-state index is -0.540. The first-order chi connectivity index (χ1) is 14.8. The number of hydrogen-bond donors (Lipinski definition) is 2. The number of hydrogen-bond acceptors (Lipinski definition) is 7. The molecule has 0 saturated heterocycles. The maximum absolute atomic E-state index is 12.1. The highest BCUT2D eigenvalue weighted by Gasteiger charge is 2.26. The number of fused-ring (bicyclic) bond motifs is 1. The number of benzene rings is 1. The second-order valence-electron chi connectivity index (χ2n) is 8.36. The molecule has 1 aliphatic carbocycles. The summed E-state index contributed by atoms with van der Waals surface area (Å²) in [6.07, 6.45) is 4.63. The van der Waals surface area contributed by atoms with Gasteiger partial charge < -0.3 is 15.4 Å². The van der Waals surface area contributed by atoms with Crippen LogP contribution in [0.5, 0.6) is 0 Å². The Morgan fingerprint density at radius 3 is 2.81 bits per heavy atom. The zero-order chi connectivity index (χ0) is 22.0. The zero-order valence-electron chi connectivity index (χ0n) is 17.6. The van der Waals surface area contributed by atoms with Crippen LogP contribution in [-0.2, 0) is 11.2 Å². The van der Waals surface area contributed by atoms with E-state index in [1.807, 2.05) is 39.0 Å². The average molecular weight is 420 g/mol. The summed E-state index contributed by atoms with van der Waals surface area (Å²) >= 11 is 0. The highest BCUT2D eigenvalue weighted by atomic mass is 16.6. The van der Waals surface area contributed by atoms with Crippen molar-refractivity contribution in [2.24, 2.45) is 5.18 Å². The van der Waals surface area contributed by atoms with Crippen molar-refractivity contribution in [2.75, 3.05) is 5.32 Å². The fourth-order valence-corrected chi connectivity index (χ4v) is 3.57. The number of pyridine rings is 1. The van der Waals surface area contributed by atoms with Gasteiger partial charge in [0.05, 0.1) is 6.04 Å². The van der Waals surface area contributed by atoms with Gasteiger partial charge >= 0.3 is 6.09 Å². The summed E-state index contributed by atoms with van der Waals surface area (Å²) in [6.45, 7) is 5.51. The molecule has 160 valence electrons. The van der Waals surface area contributed by atoms with Crippen LogP contribution in [0.3, 0.4) is 0 Å². The van der Waals surface area contributed by atoms with Gasteiger partial charge in [-0.3, -0.25) is 0 Å². The molecule has 0 saturated carbocycles. The molecule has 1 amide bonds. The summed E-state index contributed by atoms with van der Waals surface area (Å²) in [5.74, 6) is 0.923. The van der Waals surface area contributed by atoms with Gasteiger partial charge in [0.25, 0.3) is 0 Å². The molecule has 0 radical (unpaired) electrons. The first kappa shape index (κ1) is 20.5. The van der Waals surface area contributed by atoms with Crippen LogP contribution in [-0.4, -0.2) is 26.5 Å². The van der Waals surface area contributed by atoms with Gasteiger partial charge in [-0.05, 0) is 80.2 Å². The Morgan fingerprint density at radius 1 is 1.26 bits per heavy atom. The van der Waals surface area contributed by atoms with Crippen LogP contribution < -0.4 is 10.6 Å². The third-order valence-corrected chi connectivity index (χ3v) is 4.87. The van der Waals surface area contributed by atoms with Crippen molar-refractivity contribution in [3.05, 3.63) is 64.8 Å². The van der Waals surface area contributed by atoms with Crippen LogP contribution in [0.15, 0.2) is 54.0 Å². The molecule has 0 spiro atoms. The number of aryl methyl sites for hydroxylation is 1. The van der Waals surface area contributed by atoms with Crippen LogP contribution in [0, 0.1) is 4.91 Å². The van der Waals surface area contributed by atoms with E-state index in [1.54, 1.807) is 35.3 Å². The van der Waals surface area contributed by atoms with Gasteiger partial charge in [0.15, 0.2) is 17.3 Å². The number of aromatic nitrogens is 3. The molecule has 1 atom stereocenters. The van der Waals surface area contributed by atoms with E-state index in [9.17, 15) is 9.70 Å². The predicted octanol–water partition coefficient (Wildman–Crippen LogP) is 4.92. The van der Waals surface area contributed by atoms with Crippen molar-refractivity contribution in [3.8, 4) is 5.82 Å². The molecule has 9 nitrogen and oxygen atoms in total. The predicted molar refractivity (Wildman–Crippen MR) is 117 cm³/mol. The third kappa shape index (κ3) is 4.71. The molecule has 9 heteroatoms. The minimum absolute atomic E-state index is 0.0904. The Bertz CT molecular complexity index is 1100. The lowest BCUT2D eigenvalue weighted by atomic mass is 10.1. The van der Waals surface area contributed by atoms with Crippen molar-refractivity contribution in [1.82, 2.24) is 20.1 Å². The van der Waals surface area contributed by atoms with E-state index in [1.165, 1.54) is 0 Å².